The topological polar surface area (TPSA) is 66.6 Å². The van der Waals surface area contributed by atoms with Gasteiger partial charge in [0, 0.05) is 65.9 Å². The van der Waals surface area contributed by atoms with Crippen LogP contribution in [0.2, 0.25) is 0 Å². The number of hydrazine groups is 1. The largest absolute Gasteiger partial charge is 0.377 e. The lowest BCUT2D eigenvalue weighted by molar-refractivity contribution is 0.00963. The number of carbonyl (C=O) groups is 1. The first-order chi connectivity index (χ1) is 21.7. The zero-order chi connectivity index (χ0) is 31.5. The number of nitrogens with zero attached hydrogens (tertiary/aromatic N) is 5. The van der Waals surface area contributed by atoms with Gasteiger partial charge in [0.15, 0.2) is 0 Å². The van der Waals surface area contributed by atoms with Crippen molar-refractivity contribution in [2.75, 3.05) is 62.5 Å². The smallest absolute Gasteiger partial charge is 0.323 e. The summed E-state index contributed by atoms with van der Waals surface area (Å²) in [5.74, 6) is 0. The molecule has 4 aliphatic heterocycles. The van der Waals surface area contributed by atoms with E-state index in [0.717, 1.165) is 49.8 Å². The summed E-state index contributed by atoms with van der Waals surface area (Å²) in [4.78, 5) is 21.3. The maximum atomic E-state index is 12.9. The number of rotatable bonds is 7. The third-order valence-electron chi connectivity index (χ3n) is 9.64. The summed E-state index contributed by atoms with van der Waals surface area (Å²) in [5, 5.41) is 12.1. The van der Waals surface area contributed by atoms with E-state index in [0.29, 0.717) is 24.2 Å². The molecule has 0 saturated carbocycles. The van der Waals surface area contributed by atoms with E-state index in [9.17, 15) is 4.79 Å². The highest BCUT2D eigenvalue weighted by atomic mass is 32.2. The standard InChI is InChI=1S/C35H49N7O2S/c1-25-6-7-26(2)42(25)40-22-33(45-34(23-40)41-20-21-44-24-27(41)3)28-8-10-29(11-9-28)36-35(43)37-30-12-14-32(15-13-30)39-18-16-31(17-19-39)38(4)5/h8-15,22-23,25-27,31H,6-7,16-21,24H2,1-5H3,(H2,36,37,43)/t25-,26+,27-/m1/s1. The fraction of sp³-hybridized carbons (Fsp3) is 0.514. The van der Waals surface area contributed by atoms with E-state index in [1.807, 2.05) is 36.0 Å². The average Bonchev–Trinajstić information content (AvgIpc) is 3.39. The Balaban J connectivity index is 1.09. The highest BCUT2D eigenvalue weighted by molar-refractivity contribution is 8.11. The number of urea groups is 1. The van der Waals surface area contributed by atoms with Gasteiger partial charge in [-0.15, -0.1) is 0 Å². The van der Waals surface area contributed by atoms with Crippen molar-refractivity contribution in [3.63, 3.8) is 0 Å². The summed E-state index contributed by atoms with van der Waals surface area (Å²) in [7, 11) is 4.33. The molecule has 0 aliphatic carbocycles. The van der Waals surface area contributed by atoms with Gasteiger partial charge in [-0.25, -0.2) is 9.80 Å². The number of ether oxygens (including phenoxy) is 1. The van der Waals surface area contributed by atoms with Crippen molar-refractivity contribution in [2.24, 2.45) is 0 Å². The van der Waals surface area contributed by atoms with E-state index < -0.39 is 0 Å². The van der Waals surface area contributed by atoms with Crippen LogP contribution in [0.15, 0.2) is 66.0 Å². The van der Waals surface area contributed by atoms with E-state index in [-0.39, 0.29) is 6.03 Å². The van der Waals surface area contributed by atoms with E-state index in [4.69, 9.17) is 4.74 Å². The second kappa shape index (κ2) is 14.1. The molecule has 0 aromatic heterocycles. The van der Waals surface area contributed by atoms with Crippen LogP contribution >= 0.6 is 11.8 Å². The number of hydrogen-bond acceptors (Lipinski definition) is 8. The van der Waals surface area contributed by atoms with Gasteiger partial charge in [0.05, 0.1) is 30.5 Å². The van der Waals surface area contributed by atoms with Crippen LogP contribution in [0, 0.1) is 0 Å². The van der Waals surface area contributed by atoms with Crippen LogP contribution in [-0.4, -0.2) is 97.0 Å². The maximum Gasteiger partial charge on any atom is 0.323 e. The summed E-state index contributed by atoms with van der Waals surface area (Å²) < 4.78 is 5.74. The lowest BCUT2D eigenvalue weighted by Gasteiger charge is -2.42. The zero-order valence-corrected chi connectivity index (χ0v) is 28.2. The average molecular weight is 632 g/mol. The van der Waals surface area contributed by atoms with Crippen molar-refractivity contribution < 1.29 is 9.53 Å². The number of morpholine rings is 1. The molecule has 2 N–H and O–H groups in total. The number of amides is 2. The monoisotopic (exact) mass is 631 g/mol. The highest BCUT2D eigenvalue weighted by Crippen LogP contribution is 2.42. The second-order valence-corrected chi connectivity index (χ2v) is 14.2. The number of anilines is 3. The summed E-state index contributed by atoms with van der Waals surface area (Å²) in [6.45, 7) is 11.4. The van der Waals surface area contributed by atoms with E-state index in [1.54, 1.807) is 0 Å². The van der Waals surface area contributed by atoms with Crippen LogP contribution in [0.5, 0.6) is 0 Å². The van der Waals surface area contributed by atoms with Gasteiger partial charge in [0.25, 0.3) is 0 Å². The molecule has 2 amide bonds. The molecule has 4 aliphatic rings. The molecule has 3 atom stereocenters. The van der Waals surface area contributed by atoms with Crippen LogP contribution in [0.1, 0.15) is 52.0 Å². The van der Waals surface area contributed by atoms with Crippen molar-refractivity contribution in [1.82, 2.24) is 19.8 Å². The Bertz CT molecular complexity index is 1360. The van der Waals surface area contributed by atoms with Gasteiger partial charge in [-0.05, 0) is 103 Å². The first-order valence-corrected chi connectivity index (χ1v) is 17.3. The van der Waals surface area contributed by atoms with Crippen molar-refractivity contribution >= 4 is 39.8 Å². The minimum atomic E-state index is -0.247. The number of nitrogens with one attached hydrogen (secondary N) is 2. The fourth-order valence-corrected chi connectivity index (χ4v) is 8.12. The molecule has 45 heavy (non-hydrogen) atoms. The normalized spacial score (nSPS) is 24.9. The zero-order valence-electron chi connectivity index (χ0n) is 27.4. The number of carbonyl (C=O) groups excluding carboxylic acids is 1. The summed E-state index contributed by atoms with van der Waals surface area (Å²) in [6.07, 6.45) is 9.31. The van der Waals surface area contributed by atoms with Gasteiger partial charge in [-0.1, -0.05) is 23.9 Å². The molecule has 6 rings (SSSR count). The number of benzene rings is 2. The predicted octanol–water partition coefficient (Wildman–Crippen LogP) is 6.52. The number of hydrogen-bond donors (Lipinski definition) is 2. The van der Waals surface area contributed by atoms with Crippen molar-refractivity contribution in [3.05, 3.63) is 71.5 Å². The maximum absolute atomic E-state index is 12.9. The summed E-state index contributed by atoms with van der Waals surface area (Å²) >= 11 is 1.81. The van der Waals surface area contributed by atoms with Gasteiger partial charge in [0.1, 0.15) is 0 Å². The van der Waals surface area contributed by atoms with Gasteiger partial charge in [0.2, 0.25) is 0 Å². The molecule has 0 unspecified atom stereocenters. The molecule has 4 heterocycles. The number of thioether (sulfide) groups is 1. The molecule has 242 valence electrons. The molecule has 0 spiro atoms. The molecule has 0 radical (unpaired) electrons. The van der Waals surface area contributed by atoms with Gasteiger partial charge in [-0.3, -0.25) is 5.01 Å². The molecular formula is C35H49N7O2S. The number of piperidine rings is 1. The van der Waals surface area contributed by atoms with Crippen LogP contribution in [0.25, 0.3) is 4.91 Å². The Morgan fingerprint density at radius 3 is 2.04 bits per heavy atom. The lowest BCUT2D eigenvalue weighted by Crippen LogP contribution is -2.46. The predicted molar refractivity (Wildman–Crippen MR) is 187 cm³/mol. The SMILES string of the molecule is C[C@@H]1COCCN1C1=CN(N2[C@H](C)CC[C@@H]2C)C=C(c2ccc(NC(=O)Nc3ccc(N4CCC(N(C)C)CC4)cc3)cc2)S1. The third kappa shape index (κ3) is 7.46. The molecule has 0 bridgehead atoms. The Hall–Kier alpha value is -3.18. The van der Waals surface area contributed by atoms with Crippen molar-refractivity contribution in [3.8, 4) is 0 Å². The quantitative estimate of drug-likeness (QED) is 0.359. The van der Waals surface area contributed by atoms with Crippen LogP contribution < -0.4 is 15.5 Å². The summed E-state index contributed by atoms with van der Waals surface area (Å²) in [5.41, 5.74) is 3.88. The van der Waals surface area contributed by atoms with E-state index in [2.05, 4.69) is 107 Å². The Kier molecular flexibility index (Phi) is 9.94. The van der Waals surface area contributed by atoms with E-state index >= 15 is 0 Å². The highest BCUT2D eigenvalue weighted by Gasteiger charge is 2.34. The first kappa shape index (κ1) is 31.8. The molecule has 9 nitrogen and oxygen atoms in total. The minimum Gasteiger partial charge on any atom is -0.377 e. The van der Waals surface area contributed by atoms with E-state index in [1.165, 1.54) is 41.3 Å². The first-order valence-electron chi connectivity index (χ1n) is 16.5. The summed E-state index contributed by atoms with van der Waals surface area (Å²) in [6, 6.07) is 18.0. The molecule has 3 fully saturated rings. The minimum absolute atomic E-state index is 0.247. The molecule has 2 aromatic rings. The van der Waals surface area contributed by atoms with Gasteiger partial charge < -0.3 is 30.1 Å². The third-order valence-corrected chi connectivity index (χ3v) is 10.8. The molecule has 10 heteroatoms. The van der Waals surface area contributed by atoms with Crippen LogP contribution in [0.3, 0.4) is 0 Å². The Morgan fingerprint density at radius 2 is 1.44 bits per heavy atom. The lowest BCUT2D eigenvalue weighted by atomic mass is 10.0. The second-order valence-electron chi connectivity index (χ2n) is 13.1. The van der Waals surface area contributed by atoms with Gasteiger partial charge >= 0.3 is 6.03 Å². The van der Waals surface area contributed by atoms with Crippen molar-refractivity contribution in [2.45, 2.75) is 70.6 Å². The van der Waals surface area contributed by atoms with Crippen LogP contribution in [-0.2, 0) is 4.74 Å². The Labute approximate surface area is 273 Å². The van der Waals surface area contributed by atoms with Crippen molar-refractivity contribution in [1.29, 1.82) is 0 Å². The van der Waals surface area contributed by atoms with Gasteiger partial charge in [-0.2, -0.15) is 0 Å². The molecular weight excluding hydrogens is 582 g/mol. The van der Waals surface area contributed by atoms with Crippen LogP contribution in [0.4, 0.5) is 21.9 Å². The molecule has 2 aromatic carbocycles. The Morgan fingerprint density at radius 1 is 0.822 bits per heavy atom. The fourth-order valence-electron chi connectivity index (χ4n) is 6.93. The molecule has 3 saturated heterocycles.